The zero-order chi connectivity index (χ0) is 10.1. The molecule has 0 aliphatic carbocycles. The number of nitrogens with two attached hydrogens (primary N) is 1. The fourth-order valence-corrected chi connectivity index (χ4v) is 1.90. The van der Waals surface area contributed by atoms with Gasteiger partial charge < -0.3 is 10.6 Å². The van der Waals surface area contributed by atoms with Crippen molar-refractivity contribution in [1.29, 1.82) is 0 Å². The predicted octanol–water partition coefficient (Wildman–Crippen LogP) is 1.69. The van der Waals surface area contributed by atoms with Gasteiger partial charge in [0.1, 0.15) is 5.82 Å². The Balaban J connectivity index is 2.20. The summed E-state index contributed by atoms with van der Waals surface area (Å²) < 4.78 is 1.06. The maximum Gasteiger partial charge on any atom is 0.129 e. The van der Waals surface area contributed by atoms with Gasteiger partial charge in [0.05, 0.1) is 5.69 Å². The highest BCUT2D eigenvalue weighted by Gasteiger charge is 2.27. The van der Waals surface area contributed by atoms with Crippen molar-refractivity contribution in [1.82, 2.24) is 4.98 Å². The Bertz CT molecular complexity index is 338. The molecule has 3 nitrogen and oxygen atoms in total. The molecule has 14 heavy (non-hydrogen) atoms. The van der Waals surface area contributed by atoms with E-state index in [2.05, 4.69) is 25.8 Å². The first kappa shape index (κ1) is 9.93. The van der Waals surface area contributed by atoms with Crippen LogP contribution in [0.3, 0.4) is 0 Å². The summed E-state index contributed by atoms with van der Waals surface area (Å²) >= 11 is 3.44. The minimum absolute atomic E-state index is 0.489. The number of aryl methyl sites for hydroxylation is 1. The number of aromatic nitrogens is 1. The molecule has 0 aromatic carbocycles. The highest BCUT2D eigenvalue weighted by atomic mass is 79.9. The molecule has 1 aliphatic heterocycles. The summed E-state index contributed by atoms with van der Waals surface area (Å²) in [5, 5.41) is 0. The molecule has 0 radical (unpaired) electrons. The van der Waals surface area contributed by atoms with Crippen LogP contribution in [0.5, 0.6) is 0 Å². The molecular weight excluding hydrogens is 242 g/mol. The van der Waals surface area contributed by atoms with E-state index in [-0.39, 0.29) is 0 Å². The lowest BCUT2D eigenvalue weighted by molar-refractivity contribution is 0.451. The molecule has 1 atom stereocenters. The third-order valence-electron chi connectivity index (χ3n) is 2.72. The lowest BCUT2D eigenvalue weighted by atomic mass is 10.0. The Labute approximate surface area is 92.4 Å². The van der Waals surface area contributed by atoms with Crippen LogP contribution in [0.25, 0.3) is 0 Å². The van der Waals surface area contributed by atoms with E-state index in [1.165, 1.54) is 6.42 Å². The summed E-state index contributed by atoms with van der Waals surface area (Å²) in [5.41, 5.74) is 6.68. The summed E-state index contributed by atoms with van der Waals surface area (Å²) in [7, 11) is 0. The molecule has 0 spiro atoms. The lowest BCUT2D eigenvalue weighted by Gasteiger charge is -2.41. The molecular formula is C10H14BrN3. The Morgan fingerprint density at radius 3 is 2.93 bits per heavy atom. The molecule has 1 saturated heterocycles. The number of nitrogens with zero attached hydrogens (tertiary/aromatic N) is 2. The molecule has 2 rings (SSSR count). The monoisotopic (exact) mass is 255 g/mol. The van der Waals surface area contributed by atoms with Gasteiger partial charge in [-0.25, -0.2) is 4.98 Å². The van der Waals surface area contributed by atoms with Crippen molar-refractivity contribution in [3.63, 3.8) is 0 Å². The van der Waals surface area contributed by atoms with E-state index in [4.69, 9.17) is 5.73 Å². The molecule has 1 aromatic heterocycles. The van der Waals surface area contributed by atoms with Crippen molar-refractivity contribution >= 4 is 21.7 Å². The van der Waals surface area contributed by atoms with Gasteiger partial charge in [-0.2, -0.15) is 0 Å². The van der Waals surface area contributed by atoms with Gasteiger partial charge in [-0.05, 0) is 41.4 Å². The number of anilines is 1. The fraction of sp³-hybridized carbons (Fsp3) is 0.500. The topological polar surface area (TPSA) is 42.2 Å². The SMILES string of the molecule is Cc1nc(N2CCC2CN)ccc1Br. The van der Waals surface area contributed by atoms with Crippen LogP contribution in [0.15, 0.2) is 16.6 Å². The van der Waals surface area contributed by atoms with Crippen LogP contribution in [0.4, 0.5) is 5.82 Å². The van der Waals surface area contributed by atoms with Crippen LogP contribution in [0, 0.1) is 6.92 Å². The molecule has 4 heteroatoms. The Morgan fingerprint density at radius 1 is 1.64 bits per heavy atom. The molecule has 2 heterocycles. The van der Waals surface area contributed by atoms with Crippen LogP contribution in [-0.4, -0.2) is 24.1 Å². The number of hydrogen-bond acceptors (Lipinski definition) is 3. The lowest BCUT2D eigenvalue weighted by Crippen LogP contribution is -2.52. The van der Waals surface area contributed by atoms with E-state index < -0.39 is 0 Å². The van der Waals surface area contributed by atoms with Crippen molar-refractivity contribution < 1.29 is 0 Å². The van der Waals surface area contributed by atoms with Crippen molar-refractivity contribution in [2.24, 2.45) is 5.73 Å². The zero-order valence-corrected chi connectivity index (χ0v) is 9.79. The first-order valence-corrected chi connectivity index (χ1v) is 5.61. The molecule has 1 fully saturated rings. The maximum absolute atomic E-state index is 5.65. The largest absolute Gasteiger partial charge is 0.352 e. The Morgan fingerprint density at radius 2 is 2.43 bits per heavy atom. The van der Waals surface area contributed by atoms with Crippen molar-refractivity contribution in [2.75, 3.05) is 18.0 Å². The molecule has 2 N–H and O–H groups in total. The average Bonchev–Trinajstić information content (AvgIpc) is 2.10. The van der Waals surface area contributed by atoms with E-state index in [0.29, 0.717) is 6.04 Å². The van der Waals surface area contributed by atoms with Crippen molar-refractivity contribution in [3.05, 3.63) is 22.3 Å². The van der Waals surface area contributed by atoms with Gasteiger partial charge in [0.25, 0.3) is 0 Å². The van der Waals surface area contributed by atoms with Gasteiger partial charge in [-0.1, -0.05) is 0 Å². The summed E-state index contributed by atoms with van der Waals surface area (Å²) in [6.07, 6.45) is 1.19. The van der Waals surface area contributed by atoms with E-state index >= 15 is 0 Å². The molecule has 76 valence electrons. The quantitative estimate of drug-likeness (QED) is 0.875. The number of hydrogen-bond donors (Lipinski definition) is 1. The second kappa shape index (κ2) is 3.87. The van der Waals surface area contributed by atoms with Gasteiger partial charge in [0.15, 0.2) is 0 Å². The van der Waals surface area contributed by atoms with Crippen LogP contribution in [0.1, 0.15) is 12.1 Å². The van der Waals surface area contributed by atoms with Crippen molar-refractivity contribution in [2.45, 2.75) is 19.4 Å². The first-order chi connectivity index (χ1) is 6.72. The second-order valence-corrected chi connectivity index (χ2v) is 4.46. The van der Waals surface area contributed by atoms with Crippen LogP contribution >= 0.6 is 15.9 Å². The molecule has 1 aliphatic rings. The molecule has 1 unspecified atom stereocenters. The standard InChI is InChI=1S/C10H14BrN3/c1-7-9(11)2-3-10(13-7)14-5-4-8(14)6-12/h2-3,8H,4-6,12H2,1H3. The fourth-order valence-electron chi connectivity index (χ4n) is 1.68. The first-order valence-electron chi connectivity index (χ1n) is 4.82. The maximum atomic E-state index is 5.65. The van der Waals surface area contributed by atoms with Gasteiger partial charge >= 0.3 is 0 Å². The molecule has 0 saturated carbocycles. The minimum atomic E-state index is 0.489. The second-order valence-electron chi connectivity index (χ2n) is 3.61. The smallest absolute Gasteiger partial charge is 0.129 e. The predicted molar refractivity (Wildman–Crippen MR) is 61.5 cm³/mol. The van der Waals surface area contributed by atoms with Crippen LogP contribution in [0.2, 0.25) is 0 Å². The number of pyridine rings is 1. The molecule has 1 aromatic rings. The van der Waals surface area contributed by atoms with Gasteiger partial charge in [0, 0.05) is 23.6 Å². The molecule has 0 bridgehead atoms. The summed E-state index contributed by atoms with van der Waals surface area (Å²) in [6.45, 7) is 3.80. The summed E-state index contributed by atoms with van der Waals surface area (Å²) in [5.74, 6) is 1.05. The average molecular weight is 256 g/mol. The number of rotatable bonds is 2. The third kappa shape index (κ3) is 1.64. The van der Waals surface area contributed by atoms with Gasteiger partial charge in [0.2, 0.25) is 0 Å². The highest BCUT2D eigenvalue weighted by molar-refractivity contribution is 9.10. The van der Waals surface area contributed by atoms with E-state index in [9.17, 15) is 0 Å². The summed E-state index contributed by atoms with van der Waals surface area (Å²) in [6, 6.07) is 4.57. The zero-order valence-electron chi connectivity index (χ0n) is 8.20. The third-order valence-corrected chi connectivity index (χ3v) is 3.56. The Hall–Kier alpha value is -0.610. The summed E-state index contributed by atoms with van der Waals surface area (Å²) in [4.78, 5) is 6.78. The van der Waals surface area contributed by atoms with Crippen LogP contribution < -0.4 is 10.6 Å². The number of halogens is 1. The highest BCUT2D eigenvalue weighted by Crippen LogP contribution is 2.26. The van der Waals surface area contributed by atoms with Gasteiger partial charge in [-0.15, -0.1) is 0 Å². The normalized spacial score (nSPS) is 20.8. The Kier molecular flexibility index (Phi) is 2.74. The van der Waals surface area contributed by atoms with Gasteiger partial charge in [-0.3, -0.25) is 0 Å². The van der Waals surface area contributed by atoms with E-state index in [1.54, 1.807) is 0 Å². The van der Waals surface area contributed by atoms with E-state index in [0.717, 1.165) is 29.1 Å². The minimum Gasteiger partial charge on any atom is -0.352 e. The van der Waals surface area contributed by atoms with Crippen LogP contribution in [-0.2, 0) is 0 Å². The van der Waals surface area contributed by atoms with Crippen molar-refractivity contribution in [3.8, 4) is 0 Å². The molecule has 0 amide bonds. The van der Waals surface area contributed by atoms with E-state index in [1.807, 2.05) is 19.1 Å².